The highest BCUT2D eigenvalue weighted by molar-refractivity contribution is 7.92. The number of anilines is 1. The van der Waals surface area contributed by atoms with Crippen LogP contribution in [0.1, 0.15) is 36.9 Å². The van der Waals surface area contributed by atoms with Crippen LogP contribution < -0.4 is 9.62 Å². The van der Waals surface area contributed by atoms with E-state index >= 15 is 0 Å². The molecule has 28 heavy (non-hydrogen) atoms. The molecule has 1 amide bonds. The predicted molar refractivity (Wildman–Crippen MR) is 103 cm³/mol. The number of hydrogen-bond donors (Lipinski definition) is 1. The van der Waals surface area contributed by atoms with E-state index in [0.29, 0.717) is 0 Å². The van der Waals surface area contributed by atoms with Crippen LogP contribution in [0.5, 0.6) is 0 Å². The van der Waals surface area contributed by atoms with Gasteiger partial charge in [0.05, 0.1) is 18.0 Å². The molecule has 0 radical (unpaired) electrons. The standard InChI is InChI=1S/C20H22F2N2O3S/c1-13(24(28(2,26)27)15-10-11-17(21)18(22)12-15)20(25)23-19-9-5-7-14-6-3-4-8-16(14)19/h3-4,6,8,10-13,19H,5,7,9H2,1-2H3,(H,23,25)/t13-,19-/m1/s1. The first-order valence-corrected chi connectivity index (χ1v) is 10.9. The molecule has 0 unspecified atom stereocenters. The van der Waals surface area contributed by atoms with Crippen LogP contribution in [0.2, 0.25) is 0 Å². The molecule has 0 heterocycles. The summed E-state index contributed by atoms with van der Waals surface area (Å²) >= 11 is 0. The first-order chi connectivity index (χ1) is 13.2. The first-order valence-electron chi connectivity index (χ1n) is 9.01. The second-order valence-corrected chi connectivity index (χ2v) is 8.84. The molecule has 2 aromatic rings. The molecule has 0 bridgehead atoms. The fourth-order valence-corrected chi connectivity index (χ4v) is 4.79. The zero-order chi connectivity index (χ0) is 20.5. The van der Waals surface area contributed by atoms with Gasteiger partial charge in [-0.25, -0.2) is 17.2 Å². The van der Waals surface area contributed by atoms with E-state index in [1.54, 1.807) is 0 Å². The highest BCUT2D eigenvalue weighted by atomic mass is 32.2. The molecular formula is C20H22F2N2O3S. The van der Waals surface area contributed by atoms with Gasteiger partial charge >= 0.3 is 0 Å². The molecule has 8 heteroatoms. The van der Waals surface area contributed by atoms with E-state index in [9.17, 15) is 22.0 Å². The zero-order valence-corrected chi connectivity index (χ0v) is 16.5. The Morgan fingerprint density at radius 2 is 1.89 bits per heavy atom. The van der Waals surface area contributed by atoms with E-state index in [1.807, 2.05) is 24.3 Å². The molecule has 3 rings (SSSR count). The third-order valence-corrected chi connectivity index (χ3v) is 6.17. The van der Waals surface area contributed by atoms with Crippen LogP contribution in [0.25, 0.3) is 0 Å². The molecule has 1 aliphatic carbocycles. The lowest BCUT2D eigenvalue weighted by molar-refractivity contribution is -0.122. The normalized spacial score (nSPS) is 17.5. The van der Waals surface area contributed by atoms with Crippen molar-refractivity contribution >= 4 is 21.6 Å². The third kappa shape index (κ3) is 4.16. The molecule has 5 nitrogen and oxygen atoms in total. The summed E-state index contributed by atoms with van der Waals surface area (Å²) in [5, 5.41) is 2.91. The van der Waals surface area contributed by atoms with Gasteiger partial charge in [0.2, 0.25) is 15.9 Å². The number of carbonyl (C=O) groups is 1. The van der Waals surface area contributed by atoms with E-state index in [0.717, 1.165) is 59.1 Å². The molecule has 0 spiro atoms. The Bertz CT molecular complexity index is 995. The van der Waals surface area contributed by atoms with Gasteiger partial charge in [0.25, 0.3) is 0 Å². The summed E-state index contributed by atoms with van der Waals surface area (Å²) in [6.07, 6.45) is 3.52. The number of fused-ring (bicyclic) bond motifs is 1. The zero-order valence-electron chi connectivity index (χ0n) is 15.7. The van der Waals surface area contributed by atoms with Gasteiger partial charge in [-0.3, -0.25) is 9.10 Å². The topological polar surface area (TPSA) is 66.5 Å². The van der Waals surface area contributed by atoms with Gasteiger partial charge in [-0.2, -0.15) is 0 Å². The molecular weight excluding hydrogens is 386 g/mol. The van der Waals surface area contributed by atoms with Gasteiger partial charge in [0.15, 0.2) is 11.6 Å². The molecule has 0 fully saturated rings. The molecule has 0 aliphatic heterocycles. The summed E-state index contributed by atoms with van der Waals surface area (Å²) in [5.41, 5.74) is 2.08. The van der Waals surface area contributed by atoms with Crippen LogP contribution in [0, 0.1) is 11.6 Å². The second-order valence-electron chi connectivity index (χ2n) is 6.99. The largest absolute Gasteiger partial charge is 0.347 e. The second kappa shape index (κ2) is 7.87. The number of hydrogen-bond acceptors (Lipinski definition) is 3. The van der Waals surface area contributed by atoms with Crippen molar-refractivity contribution in [2.75, 3.05) is 10.6 Å². The number of rotatable bonds is 5. The van der Waals surface area contributed by atoms with Crippen LogP contribution >= 0.6 is 0 Å². The molecule has 1 N–H and O–H groups in total. The highest BCUT2D eigenvalue weighted by Crippen LogP contribution is 2.30. The summed E-state index contributed by atoms with van der Waals surface area (Å²) in [6.45, 7) is 1.42. The van der Waals surface area contributed by atoms with Gasteiger partial charge in [-0.05, 0) is 49.4 Å². The molecule has 1 aliphatic rings. The van der Waals surface area contributed by atoms with Crippen LogP contribution in [0.4, 0.5) is 14.5 Å². The monoisotopic (exact) mass is 408 g/mol. The minimum Gasteiger partial charge on any atom is -0.347 e. The third-order valence-electron chi connectivity index (χ3n) is 4.93. The Kier molecular flexibility index (Phi) is 5.69. The predicted octanol–water partition coefficient (Wildman–Crippen LogP) is 3.31. The van der Waals surface area contributed by atoms with Crippen molar-refractivity contribution in [1.82, 2.24) is 5.32 Å². The van der Waals surface area contributed by atoms with Crippen LogP contribution in [0.15, 0.2) is 42.5 Å². The van der Waals surface area contributed by atoms with E-state index < -0.39 is 33.6 Å². The summed E-state index contributed by atoms with van der Waals surface area (Å²) in [4.78, 5) is 12.8. The van der Waals surface area contributed by atoms with Crippen LogP contribution in [-0.2, 0) is 21.2 Å². The molecule has 0 aromatic heterocycles. The average molecular weight is 408 g/mol. The Morgan fingerprint density at radius 3 is 2.57 bits per heavy atom. The van der Waals surface area contributed by atoms with Crippen molar-refractivity contribution in [2.24, 2.45) is 0 Å². The van der Waals surface area contributed by atoms with Crippen molar-refractivity contribution in [3.05, 3.63) is 65.2 Å². The number of benzene rings is 2. The number of aryl methyl sites for hydroxylation is 1. The van der Waals surface area contributed by atoms with Gasteiger partial charge in [0, 0.05) is 6.07 Å². The number of amides is 1. The summed E-state index contributed by atoms with van der Waals surface area (Å²) in [7, 11) is -3.91. The fraction of sp³-hybridized carbons (Fsp3) is 0.350. The fourth-order valence-electron chi connectivity index (χ4n) is 3.63. The molecule has 150 valence electrons. The van der Waals surface area contributed by atoms with Gasteiger partial charge in [-0.1, -0.05) is 24.3 Å². The van der Waals surface area contributed by atoms with E-state index in [2.05, 4.69) is 5.32 Å². The number of nitrogens with zero attached hydrogens (tertiary/aromatic N) is 1. The van der Waals surface area contributed by atoms with Crippen molar-refractivity contribution in [1.29, 1.82) is 0 Å². The van der Waals surface area contributed by atoms with Gasteiger partial charge in [-0.15, -0.1) is 0 Å². The molecule has 0 saturated carbocycles. The smallest absolute Gasteiger partial charge is 0.244 e. The molecule has 0 saturated heterocycles. The maximum atomic E-state index is 13.6. The number of nitrogens with one attached hydrogen (secondary N) is 1. The number of sulfonamides is 1. The lowest BCUT2D eigenvalue weighted by Crippen LogP contribution is -2.49. The summed E-state index contributed by atoms with van der Waals surface area (Å²) < 4.78 is 52.3. The Hall–Kier alpha value is -2.48. The Labute approximate surface area is 163 Å². The van der Waals surface area contributed by atoms with Gasteiger partial charge < -0.3 is 5.32 Å². The van der Waals surface area contributed by atoms with Crippen LogP contribution in [-0.4, -0.2) is 26.6 Å². The Balaban J connectivity index is 1.86. The maximum absolute atomic E-state index is 13.6. The summed E-state index contributed by atoms with van der Waals surface area (Å²) in [5.74, 6) is -2.77. The van der Waals surface area contributed by atoms with Crippen LogP contribution in [0.3, 0.4) is 0 Å². The molecule has 2 atom stereocenters. The van der Waals surface area contributed by atoms with Crippen molar-refractivity contribution in [3.8, 4) is 0 Å². The maximum Gasteiger partial charge on any atom is 0.244 e. The minimum absolute atomic E-state index is 0.104. The first kappa shape index (κ1) is 20.3. The molecule has 2 aromatic carbocycles. The minimum atomic E-state index is -3.91. The lowest BCUT2D eigenvalue weighted by Gasteiger charge is -2.31. The van der Waals surface area contributed by atoms with Crippen molar-refractivity contribution in [3.63, 3.8) is 0 Å². The Morgan fingerprint density at radius 1 is 1.18 bits per heavy atom. The van der Waals surface area contributed by atoms with Gasteiger partial charge in [0.1, 0.15) is 6.04 Å². The number of halogens is 2. The quantitative estimate of drug-likeness (QED) is 0.826. The SMILES string of the molecule is C[C@H](C(=O)N[C@@H]1CCCc2ccccc21)N(c1ccc(F)c(F)c1)S(C)(=O)=O. The number of carbonyl (C=O) groups excluding carboxylic acids is 1. The van der Waals surface area contributed by atoms with Crippen molar-refractivity contribution < 1.29 is 22.0 Å². The highest BCUT2D eigenvalue weighted by Gasteiger charge is 2.32. The van der Waals surface area contributed by atoms with E-state index in [4.69, 9.17) is 0 Å². The average Bonchev–Trinajstić information content (AvgIpc) is 2.64. The van der Waals surface area contributed by atoms with E-state index in [-0.39, 0.29) is 11.7 Å². The summed E-state index contributed by atoms with van der Waals surface area (Å²) in [6, 6.07) is 9.21. The van der Waals surface area contributed by atoms with E-state index in [1.165, 1.54) is 6.92 Å². The van der Waals surface area contributed by atoms with Crippen molar-refractivity contribution in [2.45, 2.75) is 38.3 Å². The lowest BCUT2D eigenvalue weighted by atomic mass is 9.87.